The summed E-state index contributed by atoms with van der Waals surface area (Å²) in [4.78, 5) is 18.8. The Morgan fingerprint density at radius 2 is 2.12 bits per heavy atom. The van der Waals surface area contributed by atoms with Crippen molar-refractivity contribution in [2.24, 2.45) is 4.99 Å². The lowest BCUT2D eigenvalue weighted by Gasteiger charge is -2.28. The first-order valence-electron chi connectivity index (χ1n) is 7.87. The highest BCUT2D eigenvalue weighted by Gasteiger charge is 2.34. The van der Waals surface area contributed by atoms with E-state index in [0.29, 0.717) is 18.7 Å². The molecule has 1 aromatic carbocycles. The van der Waals surface area contributed by atoms with Crippen LogP contribution in [0.4, 0.5) is 0 Å². The van der Waals surface area contributed by atoms with Gasteiger partial charge in [-0.15, -0.1) is 0 Å². The molecule has 1 aromatic rings. The van der Waals surface area contributed by atoms with Crippen molar-refractivity contribution < 1.29 is 13.2 Å². The van der Waals surface area contributed by atoms with Gasteiger partial charge >= 0.3 is 0 Å². The van der Waals surface area contributed by atoms with Gasteiger partial charge in [0.25, 0.3) is 0 Å². The summed E-state index contributed by atoms with van der Waals surface area (Å²) in [6, 6.07) is 9.51. The minimum Gasteiger partial charge on any atom is -0.334 e. The molecule has 8 heteroatoms. The van der Waals surface area contributed by atoms with Crippen LogP contribution in [-0.2, 0) is 21.2 Å². The van der Waals surface area contributed by atoms with Crippen molar-refractivity contribution in [1.29, 1.82) is 0 Å². The summed E-state index contributed by atoms with van der Waals surface area (Å²) in [6.07, 6.45) is 0.529. The topological polar surface area (TPSA) is 66.8 Å². The summed E-state index contributed by atoms with van der Waals surface area (Å²) >= 11 is 3.14. The number of sulfone groups is 1. The number of hydrogen-bond donors (Lipinski definition) is 0. The van der Waals surface area contributed by atoms with Crippen LogP contribution in [0.3, 0.4) is 0 Å². The minimum atomic E-state index is -3.03. The molecule has 130 valence electrons. The second kappa shape index (κ2) is 7.93. The molecular weight excluding hydrogens is 364 g/mol. The highest BCUT2D eigenvalue weighted by Crippen LogP contribution is 2.25. The highest BCUT2D eigenvalue weighted by molar-refractivity contribution is 8.39. The van der Waals surface area contributed by atoms with Gasteiger partial charge in [-0.1, -0.05) is 53.9 Å². The standard InChI is InChI=1S/C16H20N2O3S3/c19-15(11-23-16-17-7-8-22-16)18(10-13-4-2-1-3-5-13)14-6-9-24(20,21)12-14/h1-5,14H,6-12H2/t14-/m1/s1. The number of benzene rings is 1. The molecule has 2 aliphatic heterocycles. The summed E-state index contributed by atoms with van der Waals surface area (Å²) in [5.41, 5.74) is 1.02. The van der Waals surface area contributed by atoms with Crippen LogP contribution < -0.4 is 0 Å². The van der Waals surface area contributed by atoms with Gasteiger partial charge in [0.05, 0.1) is 23.8 Å². The Hall–Kier alpha value is -0.990. The van der Waals surface area contributed by atoms with Gasteiger partial charge in [0.1, 0.15) is 4.38 Å². The molecule has 0 aromatic heterocycles. The molecule has 0 unspecified atom stereocenters. The minimum absolute atomic E-state index is 0.0128. The molecular formula is C16H20N2O3S3. The van der Waals surface area contributed by atoms with E-state index >= 15 is 0 Å². The van der Waals surface area contributed by atoms with Crippen molar-refractivity contribution in [3.8, 4) is 0 Å². The Balaban J connectivity index is 1.69. The molecule has 24 heavy (non-hydrogen) atoms. The molecule has 2 aliphatic rings. The van der Waals surface area contributed by atoms with Gasteiger partial charge in [-0.05, 0) is 12.0 Å². The van der Waals surface area contributed by atoms with Crippen LogP contribution in [0.25, 0.3) is 0 Å². The quantitative estimate of drug-likeness (QED) is 0.777. The van der Waals surface area contributed by atoms with E-state index in [9.17, 15) is 13.2 Å². The molecule has 0 bridgehead atoms. The molecule has 0 radical (unpaired) electrons. The zero-order valence-corrected chi connectivity index (χ0v) is 15.7. The molecule has 0 N–H and O–H groups in total. The van der Waals surface area contributed by atoms with Crippen LogP contribution in [-0.4, -0.2) is 59.2 Å². The van der Waals surface area contributed by atoms with E-state index < -0.39 is 9.84 Å². The van der Waals surface area contributed by atoms with E-state index in [1.54, 1.807) is 16.7 Å². The predicted molar refractivity (Wildman–Crippen MR) is 101 cm³/mol. The summed E-state index contributed by atoms with van der Waals surface area (Å²) in [5, 5.41) is 0. The molecule has 0 spiro atoms. The fraction of sp³-hybridized carbons (Fsp3) is 0.500. The van der Waals surface area contributed by atoms with Gasteiger partial charge in [0.2, 0.25) is 5.91 Å². The molecule has 3 rings (SSSR count). The first kappa shape index (κ1) is 17.8. The summed E-state index contributed by atoms with van der Waals surface area (Å²) in [6.45, 7) is 1.27. The maximum Gasteiger partial charge on any atom is 0.233 e. The molecule has 0 aliphatic carbocycles. The third kappa shape index (κ3) is 4.77. The van der Waals surface area contributed by atoms with E-state index in [1.165, 1.54) is 11.8 Å². The molecule has 1 fully saturated rings. The first-order valence-corrected chi connectivity index (χ1v) is 11.7. The first-order chi connectivity index (χ1) is 11.5. The summed E-state index contributed by atoms with van der Waals surface area (Å²) in [7, 11) is -3.03. The Kier molecular flexibility index (Phi) is 5.89. The van der Waals surface area contributed by atoms with Gasteiger partial charge in [-0.3, -0.25) is 9.79 Å². The normalized spacial score (nSPS) is 22.3. The SMILES string of the molecule is O=C(CSC1=NCCS1)N(Cc1ccccc1)[C@@H]1CCS(=O)(=O)C1. The van der Waals surface area contributed by atoms with Crippen molar-refractivity contribution in [2.75, 3.05) is 29.6 Å². The largest absolute Gasteiger partial charge is 0.334 e. The highest BCUT2D eigenvalue weighted by atomic mass is 32.2. The lowest BCUT2D eigenvalue weighted by atomic mass is 10.1. The number of carbonyl (C=O) groups is 1. The number of carbonyl (C=O) groups excluding carboxylic acids is 1. The van der Waals surface area contributed by atoms with Crippen molar-refractivity contribution in [1.82, 2.24) is 4.90 Å². The molecule has 2 heterocycles. The third-order valence-electron chi connectivity index (χ3n) is 4.04. The van der Waals surface area contributed by atoms with Crippen LogP contribution in [0.15, 0.2) is 35.3 Å². The number of hydrogen-bond acceptors (Lipinski definition) is 6. The number of rotatable bonds is 5. The van der Waals surface area contributed by atoms with E-state index in [2.05, 4.69) is 4.99 Å². The van der Waals surface area contributed by atoms with Crippen LogP contribution >= 0.6 is 23.5 Å². The van der Waals surface area contributed by atoms with Gasteiger partial charge in [0, 0.05) is 18.3 Å². The Morgan fingerprint density at radius 1 is 1.33 bits per heavy atom. The van der Waals surface area contributed by atoms with Crippen LogP contribution in [0.2, 0.25) is 0 Å². The van der Waals surface area contributed by atoms with Crippen LogP contribution in [0.5, 0.6) is 0 Å². The smallest absolute Gasteiger partial charge is 0.233 e. The average molecular weight is 385 g/mol. The predicted octanol–water partition coefficient (Wildman–Crippen LogP) is 2.04. The molecule has 1 atom stereocenters. The molecule has 1 saturated heterocycles. The number of nitrogens with zero attached hydrogens (tertiary/aromatic N) is 2. The maximum atomic E-state index is 12.7. The second-order valence-electron chi connectivity index (χ2n) is 5.85. The maximum absolute atomic E-state index is 12.7. The van der Waals surface area contributed by atoms with Gasteiger partial charge in [-0.25, -0.2) is 8.42 Å². The van der Waals surface area contributed by atoms with Gasteiger partial charge in [0.15, 0.2) is 9.84 Å². The number of thioether (sulfide) groups is 2. The second-order valence-corrected chi connectivity index (χ2v) is 10.4. The average Bonchev–Trinajstić information content (AvgIpc) is 3.20. The zero-order valence-electron chi connectivity index (χ0n) is 13.3. The monoisotopic (exact) mass is 384 g/mol. The lowest BCUT2D eigenvalue weighted by molar-refractivity contribution is -0.130. The van der Waals surface area contributed by atoms with E-state index in [0.717, 1.165) is 22.2 Å². The fourth-order valence-electron chi connectivity index (χ4n) is 2.83. The molecule has 0 saturated carbocycles. The lowest BCUT2D eigenvalue weighted by Crippen LogP contribution is -2.41. The Morgan fingerprint density at radius 3 is 2.75 bits per heavy atom. The van der Waals surface area contributed by atoms with E-state index in [1.807, 2.05) is 30.3 Å². The Bertz CT molecular complexity index is 719. The van der Waals surface area contributed by atoms with Crippen LogP contribution in [0, 0.1) is 0 Å². The van der Waals surface area contributed by atoms with Crippen molar-refractivity contribution >= 4 is 43.6 Å². The van der Waals surface area contributed by atoms with Crippen LogP contribution in [0.1, 0.15) is 12.0 Å². The summed E-state index contributed by atoms with van der Waals surface area (Å²) < 4.78 is 24.6. The fourth-order valence-corrected chi connectivity index (χ4v) is 6.46. The van der Waals surface area contributed by atoms with E-state index in [-0.39, 0.29) is 23.5 Å². The number of aliphatic imine (C=N–C) groups is 1. The van der Waals surface area contributed by atoms with Gasteiger partial charge < -0.3 is 4.90 Å². The van der Waals surface area contributed by atoms with E-state index in [4.69, 9.17) is 0 Å². The molecule has 5 nitrogen and oxygen atoms in total. The van der Waals surface area contributed by atoms with Crippen molar-refractivity contribution in [3.05, 3.63) is 35.9 Å². The zero-order chi connectivity index (χ0) is 17.0. The summed E-state index contributed by atoms with van der Waals surface area (Å²) in [5.74, 6) is 1.53. The number of amides is 1. The molecule has 1 amide bonds. The third-order valence-corrected chi connectivity index (χ3v) is 8.03. The van der Waals surface area contributed by atoms with Crippen molar-refractivity contribution in [3.63, 3.8) is 0 Å². The Labute approximate surface area is 151 Å². The van der Waals surface area contributed by atoms with Gasteiger partial charge in [-0.2, -0.15) is 0 Å². The van der Waals surface area contributed by atoms with Crippen molar-refractivity contribution in [2.45, 2.75) is 19.0 Å².